The van der Waals surface area contributed by atoms with Crippen molar-refractivity contribution in [2.75, 3.05) is 16.2 Å². The summed E-state index contributed by atoms with van der Waals surface area (Å²) >= 11 is 0. The van der Waals surface area contributed by atoms with Gasteiger partial charge in [-0.2, -0.15) is 8.42 Å². The molecule has 0 aliphatic carbocycles. The smallest absolute Gasteiger partial charge is 0.326 e. The first kappa shape index (κ1) is 17.0. The highest BCUT2D eigenvalue weighted by molar-refractivity contribution is 7.92. The van der Waals surface area contributed by atoms with Crippen LogP contribution in [0.1, 0.15) is 11.3 Å². The van der Waals surface area contributed by atoms with E-state index in [1.807, 2.05) is 19.1 Å². The average Bonchev–Trinajstić information content (AvgIpc) is 2.77. The Morgan fingerprint density at radius 3 is 2.76 bits per heavy atom. The van der Waals surface area contributed by atoms with Crippen molar-refractivity contribution in [2.45, 2.75) is 13.5 Å². The normalized spacial score (nSPS) is 15.9. The zero-order valence-corrected chi connectivity index (χ0v) is 14.0. The van der Waals surface area contributed by atoms with E-state index >= 15 is 0 Å². The van der Waals surface area contributed by atoms with Crippen molar-refractivity contribution in [3.8, 4) is 5.75 Å². The van der Waals surface area contributed by atoms with E-state index in [2.05, 4.69) is 10.3 Å². The fourth-order valence-corrected chi connectivity index (χ4v) is 3.64. The number of phenolic OH excluding ortho intramolecular Hbond substituents is 1. The first-order valence-corrected chi connectivity index (χ1v) is 8.72. The topological polar surface area (TPSA) is 112 Å². The number of phenols is 1. The van der Waals surface area contributed by atoms with E-state index < -0.39 is 39.9 Å². The summed E-state index contributed by atoms with van der Waals surface area (Å²) in [5.74, 6) is -1.74. The molecule has 3 rings (SSSR count). The first-order chi connectivity index (χ1) is 11.8. The van der Waals surface area contributed by atoms with Gasteiger partial charge in [0.25, 0.3) is 5.91 Å². The quantitative estimate of drug-likeness (QED) is 0.745. The Balaban J connectivity index is 1.84. The van der Waals surface area contributed by atoms with Crippen LogP contribution in [0.3, 0.4) is 0 Å². The number of halogens is 1. The second-order valence-corrected chi connectivity index (χ2v) is 7.10. The van der Waals surface area contributed by atoms with Crippen molar-refractivity contribution in [2.24, 2.45) is 0 Å². The molecule has 2 heterocycles. The lowest BCUT2D eigenvalue weighted by atomic mass is 10.1. The van der Waals surface area contributed by atoms with E-state index in [0.29, 0.717) is 15.7 Å². The van der Waals surface area contributed by atoms with Crippen LogP contribution in [0.2, 0.25) is 0 Å². The standard InChI is InChI=1S/C15H15FN4O4S/c1-9-3-2-4-13(18-9)17-7-10-5-11(16)15(12(21)6-10)20-8-14(22)19-25(20,23)24/h2-6,21H,7-8H2,1H3,(H,17,18)(H,19,22). The number of carbonyl (C=O) groups is 1. The van der Waals surface area contributed by atoms with Gasteiger partial charge in [-0.3, -0.25) is 4.79 Å². The molecule has 2 aromatic rings. The molecule has 8 nitrogen and oxygen atoms in total. The van der Waals surface area contributed by atoms with Crippen LogP contribution in [0.4, 0.5) is 15.9 Å². The Morgan fingerprint density at radius 1 is 1.40 bits per heavy atom. The second-order valence-electron chi connectivity index (χ2n) is 5.50. The minimum atomic E-state index is -4.20. The second kappa shape index (κ2) is 6.20. The van der Waals surface area contributed by atoms with Gasteiger partial charge in [0.15, 0.2) is 5.82 Å². The molecule has 0 atom stereocenters. The van der Waals surface area contributed by atoms with Crippen LogP contribution in [0, 0.1) is 12.7 Å². The SMILES string of the molecule is Cc1cccc(NCc2cc(O)c(N3CC(=O)NS3(=O)=O)c(F)c2)n1. The van der Waals surface area contributed by atoms with E-state index in [1.165, 1.54) is 6.07 Å². The molecule has 0 bridgehead atoms. The van der Waals surface area contributed by atoms with Gasteiger partial charge in [-0.1, -0.05) is 6.07 Å². The predicted octanol–water partition coefficient (Wildman–Crippen LogP) is 1.03. The van der Waals surface area contributed by atoms with Crippen molar-refractivity contribution >= 4 is 27.6 Å². The third-order valence-electron chi connectivity index (χ3n) is 3.53. The highest BCUT2D eigenvalue weighted by Gasteiger charge is 2.37. The first-order valence-electron chi connectivity index (χ1n) is 7.28. The maximum absolute atomic E-state index is 14.4. The Bertz CT molecular complexity index is 925. The minimum Gasteiger partial charge on any atom is -0.506 e. The Hall–Kier alpha value is -2.88. The number of hydrogen-bond donors (Lipinski definition) is 3. The number of anilines is 2. The number of aromatic nitrogens is 1. The van der Waals surface area contributed by atoms with Gasteiger partial charge < -0.3 is 10.4 Å². The zero-order chi connectivity index (χ0) is 18.2. The van der Waals surface area contributed by atoms with Crippen LogP contribution in [-0.2, 0) is 21.5 Å². The molecular weight excluding hydrogens is 351 g/mol. The Morgan fingerprint density at radius 2 is 2.16 bits per heavy atom. The number of amides is 1. The van der Waals surface area contributed by atoms with Crippen molar-refractivity contribution in [3.63, 3.8) is 0 Å². The van der Waals surface area contributed by atoms with Gasteiger partial charge in [0.05, 0.1) is 0 Å². The van der Waals surface area contributed by atoms with Crippen LogP contribution >= 0.6 is 0 Å². The van der Waals surface area contributed by atoms with Gasteiger partial charge in [0.1, 0.15) is 23.8 Å². The lowest BCUT2D eigenvalue weighted by Gasteiger charge is -2.18. The summed E-state index contributed by atoms with van der Waals surface area (Å²) in [6, 6.07) is 7.71. The van der Waals surface area contributed by atoms with E-state index in [9.17, 15) is 22.7 Å². The third kappa shape index (κ3) is 3.48. The molecule has 10 heteroatoms. The third-order valence-corrected chi connectivity index (χ3v) is 4.91. The molecule has 1 aliphatic rings. The lowest BCUT2D eigenvalue weighted by Crippen LogP contribution is -2.30. The lowest BCUT2D eigenvalue weighted by molar-refractivity contribution is -0.117. The maximum Gasteiger partial charge on any atom is 0.326 e. The number of nitrogens with zero attached hydrogens (tertiary/aromatic N) is 2. The predicted molar refractivity (Wildman–Crippen MR) is 88.8 cm³/mol. The molecule has 1 saturated heterocycles. The summed E-state index contributed by atoms with van der Waals surface area (Å²) in [5, 5.41) is 13.0. The molecule has 1 amide bonds. The summed E-state index contributed by atoms with van der Waals surface area (Å²) in [6.07, 6.45) is 0. The molecular formula is C15H15FN4O4S. The van der Waals surface area contributed by atoms with Crippen LogP contribution in [0.5, 0.6) is 5.75 Å². The average molecular weight is 366 g/mol. The van der Waals surface area contributed by atoms with E-state index in [0.717, 1.165) is 11.8 Å². The number of rotatable bonds is 4. The van der Waals surface area contributed by atoms with E-state index in [4.69, 9.17) is 0 Å². The molecule has 1 fully saturated rings. The molecule has 25 heavy (non-hydrogen) atoms. The van der Waals surface area contributed by atoms with Gasteiger partial charge in [-0.25, -0.2) is 18.4 Å². The highest BCUT2D eigenvalue weighted by atomic mass is 32.2. The highest BCUT2D eigenvalue weighted by Crippen LogP contribution is 2.34. The van der Waals surface area contributed by atoms with Gasteiger partial charge in [0, 0.05) is 12.2 Å². The number of aromatic hydroxyl groups is 1. The van der Waals surface area contributed by atoms with Crippen molar-refractivity contribution in [1.29, 1.82) is 0 Å². The maximum atomic E-state index is 14.4. The molecule has 1 aromatic carbocycles. The largest absolute Gasteiger partial charge is 0.506 e. The summed E-state index contributed by atoms with van der Waals surface area (Å²) < 4.78 is 40.2. The number of aryl methyl sites for hydroxylation is 1. The summed E-state index contributed by atoms with van der Waals surface area (Å²) in [4.78, 5) is 15.5. The van der Waals surface area contributed by atoms with Crippen LogP contribution in [-0.4, -0.2) is 31.0 Å². The number of carbonyl (C=O) groups excluding carboxylic acids is 1. The summed E-state index contributed by atoms with van der Waals surface area (Å²) in [7, 11) is -4.20. The number of pyridine rings is 1. The molecule has 0 radical (unpaired) electrons. The molecule has 0 saturated carbocycles. The molecule has 0 spiro atoms. The zero-order valence-electron chi connectivity index (χ0n) is 13.2. The number of benzene rings is 1. The minimum absolute atomic E-state index is 0.172. The van der Waals surface area contributed by atoms with E-state index in [-0.39, 0.29) is 6.54 Å². The Labute approximate surface area is 143 Å². The van der Waals surface area contributed by atoms with E-state index in [1.54, 1.807) is 10.8 Å². The molecule has 1 aliphatic heterocycles. The van der Waals surface area contributed by atoms with Crippen LogP contribution in [0.15, 0.2) is 30.3 Å². The van der Waals surface area contributed by atoms with Gasteiger partial charge in [-0.05, 0) is 36.8 Å². The fourth-order valence-electron chi connectivity index (χ4n) is 2.47. The van der Waals surface area contributed by atoms with Gasteiger partial charge >= 0.3 is 10.2 Å². The molecule has 3 N–H and O–H groups in total. The van der Waals surface area contributed by atoms with Gasteiger partial charge in [0.2, 0.25) is 0 Å². The number of hydrogen-bond acceptors (Lipinski definition) is 6. The van der Waals surface area contributed by atoms with Crippen molar-refractivity contribution < 1.29 is 22.7 Å². The summed E-state index contributed by atoms with van der Waals surface area (Å²) in [6.45, 7) is 1.42. The van der Waals surface area contributed by atoms with Crippen LogP contribution < -0.4 is 14.3 Å². The molecule has 1 aromatic heterocycles. The van der Waals surface area contributed by atoms with Crippen molar-refractivity contribution in [3.05, 3.63) is 47.4 Å². The Kier molecular flexibility index (Phi) is 4.21. The van der Waals surface area contributed by atoms with Crippen LogP contribution in [0.25, 0.3) is 0 Å². The van der Waals surface area contributed by atoms with Gasteiger partial charge in [-0.15, -0.1) is 0 Å². The fraction of sp³-hybridized carbons (Fsp3) is 0.200. The molecule has 0 unspecified atom stereocenters. The monoisotopic (exact) mass is 366 g/mol. The van der Waals surface area contributed by atoms with Crippen molar-refractivity contribution in [1.82, 2.24) is 9.71 Å². The molecule has 132 valence electrons. The number of nitrogens with one attached hydrogen (secondary N) is 2. The summed E-state index contributed by atoms with van der Waals surface area (Å²) in [5.41, 5.74) is 0.638.